The number of nitrogens with one attached hydrogen (secondary N) is 1. The van der Waals surface area contributed by atoms with Crippen LogP contribution in [-0.2, 0) is 17.8 Å². The van der Waals surface area contributed by atoms with Crippen molar-refractivity contribution in [3.63, 3.8) is 0 Å². The molecule has 156 valence electrons. The van der Waals surface area contributed by atoms with Gasteiger partial charge in [-0.05, 0) is 51.8 Å². The Bertz CT molecular complexity index is 1040. The van der Waals surface area contributed by atoms with Gasteiger partial charge in [0.05, 0.1) is 17.9 Å². The van der Waals surface area contributed by atoms with E-state index in [1.165, 1.54) is 11.8 Å². The van der Waals surface area contributed by atoms with Crippen LogP contribution in [0.3, 0.4) is 0 Å². The number of allylic oxidation sites excluding steroid dienone is 1. The fourth-order valence-electron chi connectivity index (χ4n) is 2.70. The highest BCUT2D eigenvalue weighted by molar-refractivity contribution is 9.10. The number of amides is 1. The Morgan fingerprint density at radius 1 is 1.30 bits per heavy atom. The van der Waals surface area contributed by atoms with Gasteiger partial charge in [-0.15, -0.1) is 16.8 Å². The van der Waals surface area contributed by atoms with Crippen LogP contribution < -0.4 is 10.1 Å². The van der Waals surface area contributed by atoms with Gasteiger partial charge in [-0.1, -0.05) is 41.6 Å². The van der Waals surface area contributed by atoms with Crippen LogP contribution in [0.4, 0.5) is 5.69 Å². The van der Waals surface area contributed by atoms with E-state index in [4.69, 9.17) is 16.3 Å². The Kier molecular flexibility index (Phi) is 7.95. The van der Waals surface area contributed by atoms with Crippen molar-refractivity contribution in [1.82, 2.24) is 14.8 Å². The number of hydrogen-bond acceptors (Lipinski definition) is 5. The number of methoxy groups -OCH3 is 1. The van der Waals surface area contributed by atoms with Crippen molar-refractivity contribution in [2.75, 3.05) is 18.2 Å². The number of hydrogen-bond donors (Lipinski definition) is 1. The summed E-state index contributed by atoms with van der Waals surface area (Å²) in [6.45, 7) is 4.38. The van der Waals surface area contributed by atoms with Gasteiger partial charge in [-0.2, -0.15) is 0 Å². The number of thioether (sulfide) groups is 1. The van der Waals surface area contributed by atoms with E-state index in [9.17, 15) is 4.79 Å². The first-order chi connectivity index (χ1) is 14.5. The molecule has 0 saturated carbocycles. The molecule has 0 spiro atoms. The Hall–Kier alpha value is -2.29. The number of carbonyl (C=O) groups excluding carboxylic acids is 1. The maximum atomic E-state index is 12.3. The molecule has 9 heteroatoms. The van der Waals surface area contributed by atoms with Crippen LogP contribution in [0.15, 0.2) is 64.7 Å². The van der Waals surface area contributed by atoms with Crippen molar-refractivity contribution in [3.05, 3.63) is 76.0 Å². The summed E-state index contributed by atoms with van der Waals surface area (Å²) in [5.41, 5.74) is 1.73. The molecule has 1 N–H and O–H groups in total. The molecule has 0 unspecified atom stereocenters. The molecule has 0 saturated heterocycles. The third-order valence-electron chi connectivity index (χ3n) is 4.16. The molecule has 0 fully saturated rings. The van der Waals surface area contributed by atoms with Crippen LogP contribution in [0.2, 0.25) is 5.02 Å². The highest BCUT2D eigenvalue weighted by Gasteiger charge is 2.14. The number of anilines is 1. The number of aromatic nitrogens is 3. The quantitative estimate of drug-likeness (QED) is 0.318. The van der Waals surface area contributed by atoms with E-state index >= 15 is 0 Å². The fraction of sp³-hybridized carbons (Fsp3) is 0.190. The van der Waals surface area contributed by atoms with Crippen LogP contribution in [-0.4, -0.2) is 33.5 Å². The zero-order valence-electron chi connectivity index (χ0n) is 16.3. The van der Waals surface area contributed by atoms with Crippen molar-refractivity contribution in [1.29, 1.82) is 0 Å². The molecule has 0 aliphatic carbocycles. The average molecular weight is 508 g/mol. The van der Waals surface area contributed by atoms with E-state index in [0.717, 1.165) is 21.6 Å². The first-order valence-electron chi connectivity index (χ1n) is 9.03. The highest BCUT2D eigenvalue weighted by atomic mass is 79.9. The predicted molar refractivity (Wildman–Crippen MR) is 125 cm³/mol. The second kappa shape index (κ2) is 10.7. The fourth-order valence-corrected chi connectivity index (χ4v) is 3.89. The van der Waals surface area contributed by atoms with Crippen LogP contribution in [0.25, 0.3) is 0 Å². The highest BCUT2D eigenvalue weighted by Crippen LogP contribution is 2.26. The topological polar surface area (TPSA) is 69.0 Å². The lowest BCUT2D eigenvalue weighted by Crippen LogP contribution is -2.14. The number of carbonyl (C=O) groups is 1. The van der Waals surface area contributed by atoms with Gasteiger partial charge in [0.1, 0.15) is 11.6 Å². The summed E-state index contributed by atoms with van der Waals surface area (Å²) >= 11 is 10.7. The lowest BCUT2D eigenvalue weighted by molar-refractivity contribution is -0.113. The maximum Gasteiger partial charge on any atom is 0.234 e. The van der Waals surface area contributed by atoms with Crippen LogP contribution in [0, 0.1) is 0 Å². The lowest BCUT2D eigenvalue weighted by atomic mass is 10.1. The summed E-state index contributed by atoms with van der Waals surface area (Å²) in [6.07, 6.45) is 2.41. The SMILES string of the molecule is C=CCn1c(Cc2ccc(OC)cc2)nnc1SCC(=O)Nc1ccc(Br)c(Cl)c1. The summed E-state index contributed by atoms with van der Waals surface area (Å²) < 4.78 is 7.94. The first-order valence-corrected chi connectivity index (χ1v) is 11.2. The molecule has 1 heterocycles. The van der Waals surface area contributed by atoms with Gasteiger partial charge in [0.25, 0.3) is 0 Å². The van der Waals surface area contributed by atoms with Crippen molar-refractivity contribution in [2.24, 2.45) is 0 Å². The molecule has 0 atom stereocenters. The standard InChI is InChI=1S/C21H20BrClN4O2S/c1-3-10-27-19(11-14-4-7-16(29-2)8-5-14)25-26-21(27)30-13-20(28)24-15-6-9-17(22)18(23)12-15/h3-9,12H,1,10-11,13H2,2H3,(H,24,28). The lowest BCUT2D eigenvalue weighted by Gasteiger charge is -2.09. The summed E-state index contributed by atoms with van der Waals surface area (Å²) in [5.74, 6) is 1.66. The molecular formula is C21H20BrClN4O2S. The number of ether oxygens (including phenoxy) is 1. The van der Waals surface area contributed by atoms with Crippen molar-refractivity contribution < 1.29 is 9.53 Å². The van der Waals surface area contributed by atoms with E-state index in [1.54, 1.807) is 31.4 Å². The molecule has 1 aromatic heterocycles. The van der Waals surface area contributed by atoms with Crippen molar-refractivity contribution in [2.45, 2.75) is 18.1 Å². The Morgan fingerprint density at radius 3 is 2.73 bits per heavy atom. The van der Waals surface area contributed by atoms with Gasteiger partial charge in [-0.3, -0.25) is 4.79 Å². The maximum absolute atomic E-state index is 12.3. The molecule has 6 nitrogen and oxygen atoms in total. The van der Waals surface area contributed by atoms with Gasteiger partial charge in [-0.25, -0.2) is 0 Å². The van der Waals surface area contributed by atoms with Crippen molar-refractivity contribution in [3.8, 4) is 5.75 Å². The zero-order valence-corrected chi connectivity index (χ0v) is 19.4. The minimum absolute atomic E-state index is 0.150. The van der Waals surface area contributed by atoms with Gasteiger partial charge >= 0.3 is 0 Å². The largest absolute Gasteiger partial charge is 0.497 e. The third-order valence-corrected chi connectivity index (χ3v) is 6.36. The summed E-state index contributed by atoms with van der Waals surface area (Å²) in [7, 11) is 1.64. The Balaban J connectivity index is 1.65. The third kappa shape index (κ3) is 5.87. The molecule has 30 heavy (non-hydrogen) atoms. The van der Waals surface area contributed by atoms with Gasteiger partial charge in [0, 0.05) is 23.1 Å². The summed E-state index contributed by atoms with van der Waals surface area (Å²) in [5, 5.41) is 12.6. The summed E-state index contributed by atoms with van der Waals surface area (Å²) in [4.78, 5) is 12.3. The minimum Gasteiger partial charge on any atom is -0.497 e. The average Bonchev–Trinajstić information content (AvgIpc) is 3.11. The zero-order chi connectivity index (χ0) is 21.5. The van der Waals surface area contributed by atoms with Gasteiger partial charge < -0.3 is 14.6 Å². The van der Waals surface area contributed by atoms with E-state index < -0.39 is 0 Å². The summed E-state index contributed by atoms with van der Waals surface area (Å²) in [6, 6.07) is 13.1. The van der Waals surface area contributed by atoms with E-state index in [1.807, 2.05) is 28.8 Å². The second-order valence-corrected chi connectivity index (χ2v) is 8.49. The molecule has 1 amide bonds. The Labute approximate surface area is 192 Å². The molecule has 0 aliphatic rings. The number of rotatable bonds is 9. The van der Waals surface area contributed by atoms with Crippen LogP contribution in [0.1, 0.15) is 11.4 Å². The van der Waals surface area contributed by atoms with Crippen LogP contribution >= 0.6 is 39.3 Å². The number of halogens is 2. The van der Waals surface area contributed by atoms with E-state index in [0.29, 0.717) is 28.8 Å². The first kappa shape index (κ1) is 22.4. The number of benzene rings is 2. The van der Waals surface area contributed by atoms with E-state index in [-0.39, 0.29) is 11.7 Å². The van der Waals surface area contributed by atoms with Crippen molar-refractivity contribution >= 4 is 50.9 Å². The molecule has 2 aromatic carbocycles. The molecule has 3 aromatic rings. The van der Waals surface area contributed by atoms with Gasteiger partial charge in [0.15, 0.2) is 5.16 Å². The smallest absolute Gasteiger partial charge is 0.234 e. The second-order valence-electron chi connectivity index (χ2n) is 6.29. The van der Waals surface area contributed by atoms with Crippen LogP contribution in [0.5, 0.6) is 5.75 Å². The molecule has 0 bridgehead atoms. The Morgan fingerprint density at radius 2 is 2.07 bits per heavy atom. The number of nitrogens with zero attached hydrogens (tertiary/aromatic N) is 3. The minimum atomic E-state index is -0.150. The molecular weight excluding hydrogens is 488 g/mol. The normalized spacial score (nSPS) is 10.6. The molecule has 0 aliphatic heterocycles. The van der Waals surface area contributed by atoms with E-state index in [2.05, 4.69) is 38.0 Å². The molecule has 3 rings (SSSR count). The van der Waals surface area contributed by atoms with Gasteiger partial charge in [0.2, 0.25) is 5.91 Å². The monoisotopic (exact) mass is 506 g/mol. The molecule has 0 radical (unpaired) electrons. The predicted octanol–water partition coefficient (Wildman–Crippen LogP) is 5.21.